The molecule has 2 aromatic carbocycles. The Morgan fingerprint density at radius 1 is 0.583 bits per heavy atom. The van der Waals surface area contributed by atoms with Crippen molar-refractivity contribution in [1.82, 2.24) is 10.0 Å². The van der Waals surface area contributed by atoms with Gasteiger partial charge < -0.3 is 0 Å². The van der Waals surface area contributed by atoms with Crippen molar-refractivity contribution >= 4 is 11.4 Å². The number of hydrogen-bond acceptors (Lipinski definition) is 4. The minimum Gasteiger partial charge on any atom is -0.275 e. The summed E-state index contributed by atoms with van der Waals surface area (Å²) in [7, 11) is 0. The van der Waals surface area contributed by atoms with Gasteiger partial charge in [0.1, 0.15) is 11.6 Å². The molecule has 0 N–H and O–H groups in total. The summed E-state index contributed by atoms with van der Waals surface area (Å²) in [6.45, 7) is 2.64. The standard InChI is InChI=1S/C16H16F2N6/c17-13-1-5-15(6-2-13)19-21-23-9-11-24(12-10-23)22-20-16-7-3-14(18)4-8-16/h1-8H,9-12H2. The van der Waals surface area contributed by atoms with E-state index >= 15 is 0 Å². The van der Waals surface area contributed by atoms with Gasteiger partial charge in [0.15, 0.2) is 0 Å². The first-order valence-electron chi connectivity index (χ1n) is 7.53. The highest BCUT2D eigenvalue weighted by molar-refractivity contribution is 5.35. The van der Waals surface area contributed by atoms with Gasteiger partial charge in [-0.3, -0.25) is 10.0 Å². The van der Waals surface area contributed by atoms with Crippen molar-refractivity contribution in [1.29, 1.82) is 0 Å². The summed E-state index contributed by atoms with van der Waals surface area (Å²) in [4.78, 5) is 0. The van der Waals surface area contributed by atoms with Crippen molar-refractivity contribution in [3.8, 4) is 0 Å². The summed E-state index contributed by atoms with van der Waals surface area (Å²) in [6, 6.07) is 11.7. The molecule has 0 bridgehead atoms. The monoisotopic (exact) mass is 330 g/mol. The Labute approximate surface area is 138 Å². The van der Waals surface area contributed by atoms with Crippen LogP contribution in [0.4, 0.5) is 20.2 Å². The maximum absolute atomic E-state index is 12.8. The van der Waals surface area contributed by atoms with E-state index in [4.69, 9.17) is 0 Å². The van der Waals surface area contributed by atoms with E-state index in [2.05, 4.69) is 20.7 Å². The molecule has 0 spiro atoms. The van der Waals surface area contributed by atoms with E-state index in [0.29, 0.717) is 37.6 Å². The zero-order valence-corrected chi connectivity index (χ0v) is 12.9. The van der Waals surface area contributed by atoms with Gasteiger partial charge in [-0.15, -0.1) is 10.2 Å². The molecular weight excluding hydrogens is 314 g/mol. The van der Waals surface area contributed by atoms with E-state index < -0.39 is 0 Å². The second-order valence-corrected chi connectivity index (χ2v) is 5.24. The lowest BCUT2D eigenvalue weighted by Gasteiger charge is -2.29. The molecule has 0 saturated carbocycles. The van der Waals surface area contributed by atoms with Crippen LogP contribution in [0.1, 0.15) is 0 Å². The molecule has 0 aliphatic carbocycles. The third-order valence-electron chi connectivity index (χ3n) is 3.46. The summed E-state index contributed by atoms with van der Waals surface area (Å²) < 4.78 is 25.6. The fraction of sp³-hybridized carbons (Fsp3) is 0.250. The topological polar surface area (TPSA) is 55.9 Å². The summed E-state index contributed by atoms with van der Waals surface area (Å²) in [5.74, 6) is -0.594. The van der Waals surface area contributed by atoms with Crippen molar-refractivity contribution in [2.24, 2.45) is 20.7 Å². The molecule has 1 saturated heterocycles. The average molecular weight is 330 g/mol. The lowest BCUT2D eigenvalue weighted by atomic mass is 10.3. The van der Waals surface area contributed by atoms with Gasteiger partial charge in [0.05, 0.1) is 37.6 Å². The van der Waals surface area contributed by atoms with Crippen molar-refractivity contribution in [3.63, 3.8) is 0 Å². The predicted octanol–water partition coefficient (Wildman–Crippen LogP) is 4.28. The van der Waals surface area contributed by atoms with E-state index in [0.717, 1.165) is 0 Å². The average Bonchev–Trinajstić information content (AvgIpc) is 2.62. The fourth-order valence-electron chi connectivity index (χ4n) is 2.11. The van der Waals surface area contributed by atoms with E-state index in [1.807, 2.05) is 10.0 Å². The van der Waals surface area contributed by atoms with Gasteiger partial charge in [-0.1, -0.05) is 10.4 Å². The SMILES string of the molecule is Fc1ccc(N=NN2CCN(N=Nc3ccc(F)cc3)CC2)cc1. The van der Waals surface area contributed by atoms with Gasteiger partial charge in [-0.05, 0) is 48.5 Å². The van der Waals surface area contributed by atoms with Crippen LogP contribution in [-0.4, -0.2) is 36.2 Å². The van der Waals surface area contributed by atoms with Crippen LogP contribution in [0.3, 0.4) is 0 Å². The number of piperazine rings is 1. The van der Waals surface area contributed by atoms with Crippen LogP contribution in [0.15, 0.2) is 69.2 Å². The summed E-state index contributed by atoms with van der Waals surface area (Å²) in [5.41, 5.74) is 1.21. The zero-order chi connectivity index (χ0) is 16.8. The van der Waals surface area contributed by atoms with Crippen LogP contribution in [0.2, 0.25) is 0 Å². The minimum absolute atomic E-state index is 0.297. The Morgan fingerprint density at radius 2 is 0.917 bits per heavy atom. The molecule has 24 heavy (non-hydrogen) atoms. The van der Waals surface area contributed by atoms with Gasteiger partial charge in [0.25, 0.3) is 0 Å². The largest absolute Gasteiger partial charge is 0.275 e. The van der Waals surface area contributed by atoms with Gasteiger partial charge in [0, 0.05) is 0 Å². The third-order valence-corrected chi connectivity index (χ3v) is 3.46. The zero-order valence-electron chi connectivity index (χ0n) is 12.9. The maximum Gasteiger partial charge on any atom is 0.123 e. The van der Waals surface area contributed by atoms with Gasteiger partial charge >= 0.3 is 0 Å². The van der Waals surface area contributed by atoms with Crippen LogP contribution in [0.5, 0.6) is 0 Å². The molecule has 0 radical (unpaired) electrons. The Hall–Kier alpha value is -2.90. The third kappa shape index (κ3) is 4.55. The molecule has 1 aliphatic rings. The first-order valence-corrected chi connectivity index (χ1v) is 7.53. The molecule has 1 aliphatic heterocycles. The van der Waals surface area contributed by atoms with E-state index in [1.165, 1.54) is 24.3 Å². The quantitative estimate of drug-likeness (QED) is 0.786. The van der Waals surface area contributed by atoms with Gasteiger partial charge in [-0.25, -0.2) is 8.78 Å². The van der Waals surface area contributed by atoms with Gasteiger partial charge in [-0.2, -0.15) is 0 Å². The molecule has 0 aromatic heterocycles. The van der Waals surface area contributed by atoms with Crippen LogP contribution in [-0.2, 0) is 0 Å². The summed E-state index contributed by atoms with van der Waals surface area (Å²) in [5, 5.41) is 20.1. The molecule has 6 nitrogen and oxygen atoms in total. The van der Waals surface area contributed by atoms with Crippen molar-refractivity contribution < 1.29 is 8.78 Å². The lowest BCUT2D eigenvalue weighted by Crippen LogP contribution is -2.40. The molecule has 124 valence electrons. The highest BCUT2D eigenvalue weighted by Gasteiger charge is 2.14. The Bertz CT molecular complexity index is 643. The number of hydrogen-bond donors (Lipinski definition) is 0. The molecule has 2 aromatic rings. The molecule has 0 unspecified atom stereocenters. The number of rotatable bonds is 4. The first kappa shape index (κ1) is 16.0. The van der Waals surface area contributed by atoms with E-state index in [-0.39, 0.29) is 11.6 Å². The lowest BCUT2D eigenvalue weighted by molar-refractivity contribution is 0.126. The number of benzene rings is 2. The normalized spacial score (nSPS) is 15.6. The Kier molecular flexibility index (Phi) is 5.05. The van der Waals surface area contributed by atoms with Crippen molar-refractivity contribution in [3.05, 3.63) is 60.2 Å². The van der Waals surface area contributed by atoms with Crippen LogP contribution < -0.4 is 0 Å². The first-order chi connectivity index (χ1) is 11.7. The Morgan fingerprint density at radius 3 is 1.25 bits per heavy atom. The highest BCUT2D eigenvalue weighted by atomic mass is 19.1. The number of halogens is 2. The summed E-state index contributed by atoms with van der Waals surface area (Å²) in [6.07, 6.45) is 0. The molecule has 8 heteroatoms. The fourth-order valence-corrected chi connectivity index (χ4v) is 2.11. The molecule has 3 rings (SSSR count). The molecule has 1 heterocycles. The van der Waals surface area contributed by atoms with E-state index in [9.17, 15) is 8.78 Å². The Balaban J connectivity index is 1.48. The van der Waals surface area contributed by atoms with Crippen LogP contribution in [0.25, 0.3) is 0 Å². The number of nitrogens with zero attached hydrogens (tertiary/aromatic N) is 6. The van der Waals surface area contributed by atoms with Crippen LogP contribution >= 0.6 is 0 Å². The second-order valence-electron chi connectivity index (χ2n) is 5.24. The van der Waals surface area contributed by atoms with Gasteiger partial charge in [0.2, 0.25) is 0 Å². The van der Waals surface area contributed by atoms with Crippen molar-refractivity contribution in [2.45, 2.75) is 0 Å². The van der Waals surface area contributed by atoms with Crippen LogP contribution in [0, 0.1) is 11.6 Å². The highest BCUT2D eigenvalue weighted by Crippen LogP contribution is 2.16. The van der Waals surface area contributed by atoms with E-state index in [1.54, 1.807) is 24.3 Å². The second kappa shape index (κ2) is 7.58. The maximum atomic E-state index is 12.8. The molecule has 0 amide bonds. The molecule has 0 atom stereocenters. The molecular formula is C16H16F2N6. The predicted molar refractivity (Wildman–Crippen MR) is 85.0 cm³/mol. The smallest absolute Gasteiger partial charge is 0.123 e. The molecule has 1 fully saturated rings. The van der Waals surface area contributed by atoms with Crippen molar-refractivity contribution in [2.75, 3.05) is 26.2 Å². The summed E-state index contributed by atoms with van der Waals surface area (Å²) >= 11 is 0. The minimum atomic E-state index is -0.297.